The quantitative estimate of drug-likeness (QED) is 0.839. The first-order valence-corrected chi connectivity index (χ1v) is 7.26. The van der Waals surface area contributed by atoms with Gasteiger partial charge < -0.3 is 15.2 Å². The van der Waals surface area contributed by atoms with Crippen LogP contribution in [0.15, 0.2) is 16.6 Å². The van der Waals surface area contributed by atoms with E-state index in [0.29, 0.717) is 22.4 Å². The zero-order valence-corrected chi connectivity index (χ0v) is 12.9. The van der Waals surface area contributed by atoms with Crippen molar-refractivity contribution in [3.63, 3.8) is 0 Å². The minimum absolute atomic E-state index is 0.0274. The largest absolute Gasteiger partial charge is 0.486 e. The van der Waals surface area contributed by atoms with E-state index in [-0.39, 0.29) is 18.2 Å². The molecular weight excluding hydrogens is 341 g/mol. The van der Waals surface area contributed by atoms with Crippen LogP contribution in [-0.2, 0) is 4.74 Å². The van der Waals surface area contributed by atoms with E-state index in [2.05, 4.69) is 15.9 Å². The normalized spacial score (nSPS) is 26.8. The number of hydrogen-bond donors (Lipinski definition) is 1. The summed E-state index contributed by atoms with van der Waals surface area (Å²) < 4.78 is 12.1. The molecule has 1 aromatic carbocycles. The third-order valence-corrected chi connectivity index (χ3v) is 4.40. The Balaban J connectivity index is 2.08. The lowest BCUT2D eigenvalue weighted by atomic mass is 9.86. The third kappa shape index (κ3) is 2.94. The number of rotatable bonds is 4. The second-order valence-electron chi connectivity index (χ2n) is 4.17. The summed E-state index contributed by atoms with van der Waals surface area (Å²) in [7, 11) is 0. The van der Waals surface area contributed by atoms with Gasteiger partial charge in [-0.1, -0.05) is 23.2 Å². The number of nitrogens with two attached hydrogens (primary N) is 1. The maximum absolute atomic E-state index is 6.10. The van der Waals surface area contributed by atoms with Crippen LogP contribution in [0.5, 0.6) is 5.75 Å². The number of halogens is 3. The summed E-state index contributed by atoms with van der Waals surface area (Å²) in [6, 6.07) is 3.44. The Morgan fingerprint density at radius 3 is 2.72 bits per heavy atom. The molecule has 1 aliphatic carbocycles. The summed E-state index contributed by atoms with van der Waals surface area (Å²) in [6.45, 7) is 2.55. The molecule has 3 atom stereocenters. The van der Waals surface area contributed by atoms with Gasteiger partial charge in [0.1, 0.15) is 18.0 Å². The van der Waals surface area contributed by atoms with Gasteiger partial charge in [0.15, 0.2) is 0 Å². The average molecular weight is 355 g/mol. The zero-order chi connectivity index (χ0) is 13.3. The highest BCUT2D eigenvalue weighted by atomic mass is 79.9. The van der Waals surface area contributed by atoms with Crippen molar-refractivity contribution in [2.24, 2.45) is 5.73 Å². The first-order chi connectivity index (χ1) is 8.52. The Labute approximate surface area is 125 Å². The fourth-order valence-corrected chi connectivity index (χ4v) is 2.75. The molecule has 100 valence electrons. The molecule has 3 nitrogen and oxygen atoms in total. The molecule has 0 aromatic heterocycles. The molecule has 6 heteroatoms. The minimum Gasteiger partial charge on any atom is -0.486 e. The fraction of sp³-hybridized carbons (Fsp3) is 0.500. The molecule has 2 N–H and O–H groups in total. The van der Waals surface area contributed by atoms with Crippen LogP contribution in [0.2, 0.25) is 10.0 Å². The second-order valence-corrected chi connectivity index (χ2v) is 5.84. The molecule has 1 aliphatic rings. The maximum atomic E-state index is 6.10. The topological polar surface area (TPSA) is 44.5 Å². The van der Waals surface area contributed by atoms with Crippen LogP contribution in [0.3, 0.4) is 0 Å². The second kappa shape index (κ2) is 5.97. The molecule has 3 unspecified atom stereocenters. The molecule has 0 amide bonds. The zero-order valence-electron chi connectivity index (χ0n) is 9.83. The highest BCUT2D eigenvalue weighted by Crippen LogP contribution is 2.37. The summed E-state index contributed by atoms with van der Waals surface area (Å²) in [5.74, 6) is 0.562. The number of hydrogen-bond acceptors (Lipinski definition) is 3. The van der Waals surface area contributed by atoms with E-state index in [1.807, 2.05) is 6.92 Å². The number of benzene rings is 1. The third-order valence-electron chi connectivity index (χ3n) is 2.91. The maximum Gasteiger partial charge on any atom is 0.140 e. The molecule has 0 spiro atoms. The molecule has 2 rings (SSSR count). The van der Waals surface area contributed by atoms with Crippen LogP contribution in [-0.4, -0.2) is 24.9 Å². The van der Waals surface area contributed by atoms with Gasteiger partial charge >= 0.3 is 0 Å². The van der Waals surface area contributed by atoms with Crippen molar-refractivity contribution < 1.29 is 9.47 Å². The number of ether oxygens (including phenoxy) is 2. The molecule has 0 bridgehead atoms. The predicted molar refractivity (Wildman–Crippen MR) is 76.6 cm³/mol. The molecule has 0 aliphatic heterocycles. The van der Waals surface area contributed by atoms with Crippen LogP contribution in [0.4, 0.5) is 0 Å². The van der Waals surface area contributed by atoms with Gasteiger partial charge in [-0.25, -0.2) is 0 Å². The first-order valence-electron chi connectivity index (χ1n) is 5.71. The van der Waals surface area contributed by atoms with Crippen LogP contribution >= 0.6 is 39.1 Å². The summed E-state index contributed by atoms with van der Waals surface area (Å²) in [4.78, 5) is 0. The van der Waals surface area contributed by atoms with Crippen molar-refractivity contribution in [1.29, 1.82) is 0 Å². The van der Waals surface area contributed by atoms with Crippen molar-refractivity contribution in [3.05, 3.63) is 26.7 Å². The fourth-order valence-electron chi connectivity index (χ4n) is 1.91. The van der Waals surface area contributed by atoms with Gasteiger partial charge in [-0.05, 0) is 28.9 Å². The van der Waals surface area contributed by atoms with Gasteiger partial charge in [0.05, 0.1) is 10.0 Å². The van der Waals surface area contributed by atoms with Crippen LogP contribution < -0.4 is 10.5 Å². The Hall–Kier alpha value is -0.0000000000000000555. The van der Waals surface area contributed by atoms with Gasteiger partial charge in [0, 0.05) is 29.6 Å². The van der Waals surface area contributed by atoms with Gasteiger partial charge in [-0.2, -0.15) is 0 Å². The molecule has 0 heterocycles. The van der Waals surface area contributed by atoms with Crippen LogP contribution in [0, 0.1) is 0 Å². The van der Waals surface area contributed by atoms with Crippen molar-refractivity contribution in [2.45, 2.75) is 31.6 Å². The average Bonchev–Trinajstić information content (AvgIpc) is 2.32. The highest BCUT2D eigenvalue weighted by molar-refractivity contribution is 9.10. The van der Waals surface area contributed by atoms with Crippen LogP contribution in [0.25, 0.3) is 0 Å². The smallest absolute Gasteiger partial charge is 0.140 e. The SMILES string of the molecule is CCOC1C(N)CC1Oc1cc(Cl)c(Br)cc1Cl. The van der Waals surface area contributed by atoms with E-state index in [4.69, 9.17) is 38.4 Å². The Morgan fingerprint density at radius 1 is 1.39 bits per heavy atom. The van der Waals surface area contributed by atoms with E-state index < -0.39 is 0 Å². The lowest BCUT2D eigenvalue weighted by molar-refractivity contribution is -0.0945. The van der Waals surface area contributed by atoms with E-state index in [1.54, 1.807) is 12.1 Å². The standard InChI is InChI=1S/C12H14BrCl2NO2/c1-2-17-12-9(16)5-11(12)18-10-4-7(14)6(13)3-8(10)15/h3-4,9,11-12H,2,5,16H2,1H3. The molecule has 18 heavy (non-hydrogen) atoms. The van der Waals surface area contributed by atoms with Crippen LogP contribution in [0.1, 0.15) is 13.3 Å². The van der Waals surface area contributed by atoms with Crippen molar-refractivity contribution >= 4 is 39.1 Å². The van der Waals surface area contributed by atoms with Crippen molar-refractivity contribution in [3.8, 4) is 5.75 Å². The summed E-state index contributed by atoms with van der Waals surface area (Å²) in [5, 5.41) is 1.08. The van der Waals surface area contributed by atoms with Crippen molar-refractivity contribution in [2.75, 3.05) is 6.61 Å². The van der Waals surface area contributed by atoms with E-state index in [9.17, 15) is 0 Å². The summed E-state index contributed by atoms with van der Waals surface area (Å²) in [6.07, 6.45) is 0.623. The lowest BCUT2D eigenvalue weighted by Gasteiger charge is -2.41. The Kier molecular flexibility index (Phi) is 4.78. The first kappa shape index (κ1) is 14.4. The Morgan fingerprint density at radius 2 is 2.11 bits per heavy atom. The van der Waals surface area contributed by atoms with Gasteiger partial charge in [0.25, 0.3) is 0 Å². The summed E-state index contributed by atoms with van der Waals surface area (Å²) >= 11 is 15.4. The van der Waals surface area contributed by atoms with E-state index >= 15 is 0 Å². The predicted octanol–water partition coefficient (Wildman–Crippen LogP) is 3.64. The summed E-state index contributed by atoms with van der Waals surface area (Å²) in [5.41, 5.74) is 5.87. The van der Waals surface area contributed by atoms with Gasteiger partial charge in [0.2, 0.25) is 0 Å². The van der Waals surface area contributed by atoms with E-state index in [1.165, 1.54) is 0 Å². The molecule has 0 saturated heterocycles. The van der Waals surface area contributed by atoms with Gasteiger partial charge in [-0.15, -0.1) is 0 Å². The molecule has 1 saturated carbocycles. The van der Waals surface area contributed by atoms with Crippen molar-refractivity contribution in [1.82, 2.24) is 0 Å². The highest BCUT2D eigenvalue weighted by Gasteiger charge is 2.41. The Bertz CT molecular complexity index is 444. The molecular formula is C12H14BrCl2NO2. The monoisotopic (exact) mass is 353 g/mol. The molecule has 1 fully saturated rings. The minimum atomic E-state index is -0.0755. The molecule has 1 aromatic rings. The van der Waals surface area contributed by atoms with Gasteiger partial charge in [-0.3, -0.25) is 0 Å². The lowest BCUT2D eigenvalue weighted by Crippen LogP contribution is -2.59. The molecule has 0 radical (unpaired) electrons. The van der Waals surface area contributed by atoms with E-state index in [0.717, 1.165) is 10.9 Å².